The van der Waals surface area contributed by atoms with Crippen LogP contribution < -0.4 is 15.8 Å². The van der Waals surface area contributed by atoms with Gasteiger partial charge in [0.15, 0.2) is 5.76 Å². The standard InChI is InChI=1S/C14H16N2O3/c1-10-6-8-19-13(10)14(17)16-7-9-18-12-5-3-2-4-11(12)15/h2-6,8H,7,9,15H2,1H3,(H,16,17). The molecule has 0 atom stereocenters. The molecule has 2 rings (SSSR count). The molecule has 100 valence electrons. The largest absolute Gasteiger partial charge is 0.490 e. The average molecular weight is 260 g/mol. The zero-order valence-electron chi connectivity index (χ0n) is 10.7. The third kappa shape index (κ3) is 3.28. The number of anilines is 1. The van der Waals surface area contributed by atoms with Crippen LogP contribution in [0.25, 0.3) is 0 Å². The van der Waals surface area contributed by atoms with Crippen LogP contribution in [0.15, 0.2) is 41.0 Å². The number of carbonyl (C=O) groups is 1. The summed E-state index contributed by atoms with van der Waals surface area (Å²) in [7, 11) is 0. The Balaban J connectivity index is 1.77. The molecular weight excluding hydrogens is 244 g/mol. The van der Waals surface area contributed by atoms with Gasteiger partial charge in [-0.25, -0.2) is 0 Å². The van der Waals surface area contributed by atoms with Crippen LogP contribution in [0.4, 0.5) is 5.69 Å². The van der Waals surface area contributed by atoms with Gasteiger partial charge in [0.05, 0.1) is 18.5 Å². The number of para-hydroxylation sites is 2. The fraction of sp³-hybridized carbons (Fsp3) is 0.214. The van der Waals surface area contributed by atoms with Crippen molar-refractivity contribution in [3.63, 3.8) is 0 Å². The van der Waals surface area contributed by atoms with Crippen LogP contribution in [0.5, 0.6) is 5.75 Å². The molecule has 0 fully saturated rings. The second-order valence-electron chi connectivity index (χ2n) is 4.07. The predicted octanol–water partition coefficient (Wildman–Crippen LogP) is 1.98. The molecule has 5 heteroatoms. The number of nitrogens with two attached hydrogens (primary N) is 1. The van der Waals surface area contributed by atoms with Crippen molar-refractivity contribution in [2.24, 2.45) is 0 Å². The summed E-state index contributed by atoms with van der Waals surface area (Å²) in [6.45, 7) is 2.55. The van der Waals surface area contributed by atoms with Gasteiger partial charge >= 0.3 is 0 Å². The van der Waals surface area contributed by atoms with Crippen molar-refractivity contribution >= 4 is 11.6 Å². The lowest BCUT2D eigenvalue weighted by molar-refractivity contribution is 0.0918. The molecule has 0 aliphatic heterocycles. The molecule has 1 amide bonds. The van der Waals surface area contributed by atoms with Crippen LogP contribution in [0.2, 0.25) is 0 Å². The SMILES string of the molecule is Cc1ccoc1C(=O)NCCOc1ccccc1N. The molecule has 0 radical (unpaired) electrons. The Hall–Kier alpha value is -2.43. The van der Waals surface area contributed by atoms with Gasteiger partial charge in [-0.3, -0.25) is 4.79 Å². The smallest absolute Gasteiger partial charge is 0.287 e. The third-order valence-corrected chi connectivity index (χ3v) is 2.63. The molecule has 1 aromatic carbocycles. The molecule has 0 aliphatic carbocycles. The van der Waals surface area contributed by atoms with Crippen molar-refractivity contribution in [2.45, 2.75) is 6.92 Å². The number of aryl methyl sites for hydroxylation is 1. The molecule has 0 aliphatic rings. The molecule has 0 unspecified atom stereocenters. The first-order valence-electron chi connectivity index (χ1n) is 5.98. The van der Waals surface area contributed by atoms with Gasteiger partial charge in [0.2, 0.25) is 0 Å². The maximum atomic E-state index is 11.7. The van der Waals surface area contributed by atoms with Gasteiger partial charge in [0, 0.05) is 5.56 Å². The number of hydrogen-bond acceptors (Lipinski definition) is 4. The van der Waals surface area contributed by atoms with Crippen LogP contribution >= 0.6 is 0 Å². The second-order valence-corrected chi connectivity index (χ2v) is 4.07. The van der Waals surface area contributed by atoms with E-state index in [9.17, 15) is 4.79 Å². The molecule has 5 nitrogen and oxygen atoms in total. The van der Waals surface area contributed by atoms with Crippen LogP contribution in [0.3, 0.4) is 0 Å². The molecule has 0 spiro atoms. The summed E-state index contributed by atoms with van der Waals surface area (Å²) >= 11 is 0. The van der Waals surface area contributed by atoms with E-state index in [1.165, 1.54) is 6.26 Å². The number of rotatable bonds is 5. The Morgan fingerprint density at radius 2 is 2.16 bits per heavy atom. The highest BCUT2D eigenvalue weighted by molar-refractivity contribution is 5.92. The quantitative estimate of drug-likeness (QED) is 0.636. The number of amides is 1. The summed E-state index contributed by atoms with van der Waals surface area (Å²) in [5.74, 6) is 0.706. The van der Waals surface area contributed by atoms with Gasteiger partial charge in [-0.2, -0.15) is 0 Å². The van der Waals surface area contributed by atoms with Crippen molar-refractivity contribution in [2.75, 3.05) is 18.9 Å². The van der Waals surface area contributed by atoms with E-state index in [-0.39, 0.29) is 5.91 Å². The van der Waals surface area contributed by atoms with Crippen molar-refractivity contribution < 1.29 is 13.9 Å². The predicted molar refractivity (Wildman–Crippen MR) is 72.1 cm³/mol. The van der Waals surface area contributed by atoms with Gasteiger partial charge in [0.1, 0.15) is 12.4 Å². The summed E-state index contributed by atoms with van der Waals surface area (Å²) in [5.41, 5.74) is 7.12. The summed E-state index contributed by atoms with van der Waals surface area (Å²) in [6, 6.07) is 8.98. The van der Waals surface area contributed by atoms with E-state index in [0.29, 0.717) is 30.3 Å². The maximum Gasteiger partial charge on any atom is 0.287 e. The van der Waals surface area contributed by atoms with Crippen LogP contribution in [-0.2, 0) is 0 Å². The van der Waals surface area contributed by atoms with E-state index >= 15 is 0 Å². The number of nitrogen functional groups attached to an aromatic ring is 1. The summed E-state index contributed by atoms with van der Waals surface area (Å²) in [5, 5.41) is 2.72. The number of hydrogen-bond donors (Lipinski definition) is 2. The molecule has 0 bridgehead atoms. The van der Waals surface area contributed by atoms with Crippen molar-refractivity contribution in [1.82, 2.24) is 5.32 Å². The van der Waals surface area contributed by atoms with E-state index in [2.05, 4.69) is 5.32 Å². The summed E-state index contributed by atoms with van der Waals surface area (Å²) in [6.07, 6.45) is 1.49. The van der Waals surface area contributed by atoms with Crippen molar-refractivity contribution in [1.29, 1.82) is 0 Å². The van der Waals surface area contributed by atoms with E-state index in [1.807, 2.05) is 19.1 Å². The highest BCUT2D eigenvalue weighted by Crippen LogP contribution is 2.19. The average Bonchev–Trinajstić information content (AvgIpc) is 2.82. The highest BCUT2D eigenvalue weighted by atomic mass is 16.5. The Kier molecular flexibility index (Phi) is 4.07. The minimum atomic E-state index is -0.243. The van der Waals surface area contributed by atoms with Gasteiger partial charge < -0.3 is 20.2 Å². The van der Waals surface area contributed by atoms with Crippen molar-refractivity contribution in [3.8, 4) is 5.75 Å². The first-order chi connectivity index (χ1) is 9.18. The highest BCUT2D eigenvalue weighted by Gasteiger charge is 2.11. The molecule has 0 saturated heterocycles. The zero-order chi connectivity index (χ0) is 13.7. The molecule has 1 heterocycles. The van der Waals surface area contributed by atoms with Gasteiger partial charge in [-0.1, -0.05) is 12.1 Å². The molecular formula is C14H16N2O3. The van der Waals surface area contributed by atoms with Crippen LogP contribution in [-0.4, -0.2) is 19.1 Å². The number of carbonyl (C=O) groups excluding carboxylic acids is 1. The lowest BCUT2D eigenvalue weighted by Crippen LogP contribution is -2.28. The van der Waals surface area contributed by atoms with Crippen LogP contribution in [0, 0.1) is 6.92 Å². The lowest BCUT2D eigenvalue weighted by atomic mass is 10.3. The minimum absolute atomic E-state index is 0.243. The topological polar surface area (TPSA) is 77.5 Å². The fourth-order valence-corrected chi connectivity index (χ4v) is 1.62. The molecule has 2 aromatic rings. The Morgan fingerprint density at radius 1 is 1.37 bits per heavy atom. The Morgan fingerprint density at radius 3 is 2.84 bits per heavy atom. The number of ether oxygens (including phenoxy) is 1. The lowest BCUT2D eigenvalue weighted by Gasteiger charge is -2.09. The van der Waals surface area contributed by atoms with Gasteiger partial charge in [-0.05, 0) is 25.1 Å². The second kappa shape index (κ2) is 5.95. The van der Waals surface area contributed by atoms with Crippen molar-refractivity contribution in [3.05, 3.63) is 47.9 Å². The van der Waals surface area contributed by atoms with Crippen LogP contribution in [0.1, 0.15) is 16.1 Å². The first kappa shape index (κ1) is 13.0. The first-order valence-corrected chi connectivity index (χ1v) is 5.98. The van der Waals surface area contributed by atoms with E-state index < -0.39 is 0 Å². The fourth-order valence-electron chi connectivity index (χ4n) is 1.62. The third-order valence-electron chi connectivity index (χ3n) is 2.63. The summed E-state index contributed by atoms with van der Waals surface area (Å²) in [4.78, 5) is 11.7. The number of furan rings is 1. The monoisotopic (exact) mass is 260 g/mol. The number of nitrogens with one attached hydrogen (secondary N) is 1. The molecule has 0 saturated carbocycles. The molecule has 1 aromatic heterocycles. The Bertz CT molecular complexity index is 563. The number of benzene rings is 1. The van der Waals surface area contributed by atoms with E-state index in [1.54, 1.807) is 18.2 Å². The maximum absolute atomic E-state index is 11.7. The molecule has 19 heavy (non-hydrogen) atoms. The molecule has 3 N–H and O–H groups in total. The van der Waals surface area contributed by atoms with Gasteiger partial charge in [0.25, 0.3) is 5.91 Å². The Labute approximate surface area is 111 Å². The van der Waals surface area contributed by atoms with Gasteiger partial charge in [-0.15, -0.1) is 0 Å². The zero-order valence-corrected chi connectivity index (χ0v) is 10.7. The minimum Gasteiger partial charge on any atom is -0.490 e. The van der Waals surface area contributed by atoms with E-state index in [4.69, 9.17) is 14.9 Å². The summed E-state index contributed by atoms with van der Waals surface area (Å²) < 4.78 is 10.6. The normalized spacial score (nSPS) is 10.2. The van der Waals surface area contributed by atoms with E-state index in [0.717, 1.165) is 5.56 Å².